The summed E-state index contributed by atoms with van der Waals surface area (Å²) in [6, 6.07) is 10.8. The number of nitrogens with zero attached hydrogens (tertiary/aromatic N) is 1. The zero-order valence-corrected chi connectivity index (χ0v) is 24.7. The lowest BCUT2D eigenvalue weighted by atomic mass is 9.56. The molecule has 4 heteroatoms. The molecule has 2 aromatic rings. The molecule has 2 saturated carbocycles. The Kier molecular flexibility index (Phi) is 7.44. The van der Waals surface area contributed by atoms with Crippen LogP contribution in [-0.2, 0) is 4.43 Å². The summed E-state index contributed by atoms with van der Waals surface area (Å²) in [5.74, 6) is 1.16. The van der Waals surface area contributed by atoms with Crippen LogP contribution in [0.15, 0.2) is 48.7 Å². The first-order valence-electron chi connectivity index (χ1n) is 13.8. The van der Waals surface area contributed by atoms with Gasteiger partial charge in [-0.2, -0.15) is 0 Å². The fourth-order valence-electron chi connectivity index (χ4n) is 6.59. The van der Waals surface area contributed by atoms with Crippen molar-refractivity contribution in [3.8, 4) is 11.1 Å². The molecule has 1 aromatic carbocycles. The predicted octanol–water partition coefficient (Wildman–Crippen LogP) is 9.53. The molecule has 1 aromatic heterocycles. The molecule has 0 saturated heterocycles. The molecule has 1 heterocycles. The molecule has 4 atom stereocenters. The van der Waals surface area contributed by atoms with Crippen LogP contribution in [0.5, 0.6) is 0 Å². The molecule has 0 unspecified atom stereocenters. The second kappa shape index (κ2) is 9.83. The first-order valence-corrected chi connectivity index (χ1v) is 16.7. The second-order valence-electron chi connectivity index (χ2n) is 13.8. The van der Waals surface area contributed by atoms with E-state index in [-0.39, 0.29) is 27.8 Å². The van der Waals surface area contributed by atoms with Crippen molar-refractivity contribution < 1.29 is 8.82 Å². The molecule has 0 spiro atoms. The number of pyridine rings is 1. The lowest BCUT2D eigenvalue weighted by Crippen LogP contribution is -2.52. The largest absolute Gasteiger partial charge is 0.413 e. The summed E-state index contributed by atoms with van der Waals surface area (Å²) in [6.45, 7) is 19.1. The second-order valence-corrected chi connectivity index (χ2v) is 18.5. The average Bonchev–Trinajstić information content (AvgIpc) is 3.10. The van der Waals surface area contributed by atoms with Gasteiger partial charge < -0.3 is 4.43 Å². The first-order chi connectivity index (χ1) is 16.7. The van der Waals surface area contributed by atoms with Crippen LogP contribution < -0.4 is 0 Å². The van der Waals surface area contributed by atoms with Gasteiger partial charge in [-0.1, -0.05) is 85.1 Å². The summed E-state index contributed by atoms with van der Waals surface area (Å²) >= 11 is 0. The maximum Gasteiger partial charge on any atom is 0.192 e. The molecule has 0 amide bonds. The van der Waals surface area contributed by atoms with Crippen molar-refractivity contribution >= 4 is 14.4 Å². The SMILES string of the molecule is CC(C)(C)[C@@]1(/C=C/c2ccc(-c3cccc(F)c3)cn2)[C@@H](O[Si](C)(C)C(C)(C)C)C[C@@H]2CCCC[C@H]21. The van der Waals surface area contributed by atoms with E-state index in [1.807, 2.05) is 18.3 Å². The molecular formula is C32H46FNOSi. The average molecular weight is 508 g/mol. The Morgan fingerprint density at radius 1 is 1.00 bits per heavy atom. The van der Waals surface area contributed by atoms with Crippen LogP contribution in [0.1, 0.15) is 79.3 Å². The predicted molar refractivity (Wildman–Crippen MR) is 153 cm³/mol. The number of aromatic nitrogens is 1. The van der Waals surface area contributed by atoms with Gasteiger partial charge in [-0.15, -0.1) is 0 Å². The summed E-state index contributed by atoms with van der Waals surface area (Å²) in [7, 11) is -1.94. The monoisotopic (exact) mass is 507 g/mol. The topological polar surface area (TPSA) is 22.1 Å². The summed E-state index contributed by atoms with van der Waals surface area (Å²) < 4.78 is 21.0. The maximum atomic E-state index is 13.7. The zero-order valence-electron chi connectivity index (χ0n) is 23.7. The van der Waals surface area contributed by atoms with Gasteiger partial charge in [-0.25, -0.2) is 4.39 Å². The Balaban J connectivity index is 1.71. The number of halogens is 1. The van der Waals surface area contributed by atoms with Crippen molar-refractivity contribution in [2.24, 2.45) is 22.7 Å². The fraction of sp³-hybridized carbons (Fsp3) is 0.594. The van der Waals surface area contributed by atoms with Gasteiger partial charge in [0.2, 0.25) is 0 Å². The van der Waals surface area contributed by atoms with Gasteiger partial charge in [0.05, 0.1) is 11.8 Å². The van der Waals surface area contributed by atoms with Gasteiger partial charge in [0.15, 0.2) is 8.32 Å². The molecule has 196 valence electrons. The number of hydrogen-bond acceptors (Lipinski definition) is 2. The van der Waals surface area contributed by atoms with Crippen LogP contribution in [0.2, 0.25) is 18.1 Å². The first kappa shape index (κ1) is 27.3. The summed E-state index contributed by atoms with van der Waals surface area (Å²) in [5, 5.41) is 0.183. The maximum absolute atomic E-state index is 13.7. The highest BCUT2D eigenvalue weighted by molar-refractivity contribution is 6.74. The summed E-state index contributed by atoms with van der Waals surface area (Å²) in [4.78, 5) is 4.76. The van der Waals surface area contributed by atoms with Crippen LogP contribution in [0.25, 0.3) is 17.2 Å². The smallest absolute Gasteiger partial charge is 0.192 e. The van der Waals surface area contributed by atoms with Gasteiger partial charge >= 0.3 is 0 Å². The Labute approximate surface area is 219 Å². The highest BCUT2D eigenvalue weighted by Gasteiger charge is 2.61. The van der Waals surface area contributed by atoms with Crippen LogP contribution >= 0.6 is 0 Å². The van der Waals surface area contributed by atoms with Gasteiger partial charge in [-0.3, -0.25) is 4.98 Å². The lowest BCUT2D eigenvalue weighted by molar-refractivity contribution is -0.0218. The Bertz CT molecular complexity index is 1080. The minimum absolute atomic E-state index is 0.0312. The number of benzene rings is 1. The molecule has 0 N–H and O–H groups in total. The van der Waals surface area contributed by atoms with Crippen LogP contribution in [0.3, 0.4) is 0 Å². The van der Waals surface area contributed by atoms with Crippen molar-refractivity contribution in [3.63, 3.8) is 0 Å². The third kappa shape index (κ3) is 5.13. The number of hydrogen-bond donors (Lipinski definition) is 0. The number of fused-ring (bicyclic) bond motifs is 1. The highest BCUT2D eigenvalue weighted by Crippen LogP contribution is 2.63. The number of rotatable bonds is 5. The lowest BCUT2D eigenvalue weighted by Gasteiger charge is -2.52. The van der Waals surface area contributed by atoms with Crippen molar-refractivity contribution in [1.29, 1.82) is 0 Å². The molecule has 2 aliphatic rings. The van der Waals surface area contributed by atoms with Gasteiger partial charge in [0, 0.05) is 17.2 Å². The summed E-state index contributed by atoms with van der Waals surface area (Å²) in [6.07, 6.45) is 13.3. The highest BCUT2D eigenvalue weighted by atomic mass is 28.4. The van der Waals surface area contributed by atoms with Gasteiger partial charge in [0.25, 0.3) is 0 Å². The molecule has 0 bridgehead atoms. The van der Waals surface area contributed by atoms with Crippen molar-refractivity contribution in [2.75, 3.05) is 0 Å². The van der Waals surface area contributed by atoms with E-state index in [1.54, 1.807) is 12.1 Å². The Hall–Kier alpha value is -1.78. The minimum atomic E-state index is -1.94. The van der Waals surface area contributed by atoms with Crippen LogP contribution in [0.4, 0.5) is 4.39 Å². The van der Waals surface area contributed by atoms with E-state index in [4.69, 9.17) is 9.41 Å². The standard InChI is InChI=1S/C32H46FNOSi/c1-30(2,3)32(19-18-27-17-16-25(22-34-27)23-13-11-14-26(33)20-23)28-15-10-9-12-24(28)21-29(32)35-36(7,8)31(4,5)6/h11,13-14,16-20,22,24,28-29H,9-10,12,15,21H2,1-8H3/b19-18+/t24-,28+,29-,32+/m0/s1. The minimum Gasteiger partial charge on any atom is -0.413 e. The van der Waals surface area contributed by atoms with Crippen LogP contribution in [0, 0.1) is 28.5 Å². The van der Waals surface area contributed by atoms with Crippen molar-refractivity contribution in [3.05, 3.63) is 60.2 Å². The van der Waals surface area contributed by atoms with E-state index < -0.39 is 8.32 Å². The fourth-order valence-corrected chi connectivity index (χ4v) is 7.95. The molecule has 36 heavy (non-hydrogen) atoms. The molecule has 2 nitrogen and oxygen atoms in total. The zero-order chi connectivity index (χ0) is 26.4. The Morgan fingerprint density at radius 2 is 1.72 bits per heavy atom. The van der Waals surface area contributed by atoms with E-state index in [1.165, 1.54) is 38.2 Å². The molecule has 0 radical (unpaired) electrons. The Morgan fingerprint density at radius 3 is 2.33 bits per heavy atom. The normalized spacial score (nSPS) is 27.4. The van der Waals surface area contributed by atoms with E-state index in [9.17, 15) is 4.39 Å². The molecule has 0 aliphatic heterocycles. The van der Waals surface area contributed by atoms with Crippen LogP contribution in [-0.4, -0.2) is 19.4 Å². The third-order valence-corrected chi connectivity index (χ3v) is 14.1. The van der Waals surface area contributed by atoms with E-state index in [0.29, 0.717) is 5.92 Å². The molecule has 2 aliphatic carbocycles. The van der Waals surface area contributed by atoms with Gasteiger partial charge in [-0.05, 0) is 78.1 Å². The summed E-state index contributed by atoms with van der Waals surface area (Å²) in [5.41, 5.74) is 2.77. The van der Waals surface area contributed by atoms with Crippen molar-refractivity contribution in [2.45, 2.75) is 97.9 Å². The van der Waals surface area contributed by atoms with E-state index >= 15 is 0 Å². The quantitative estimate of drug-likeness (QED) is 0.376. The third-order valence-electron chi connectivity index (χ3n) is 9.59. The van der Waals surface area contributed by atoms with Gasteiger partial charge in [0.1, 0.15) is 5.82 Å². The van der Waals surface area contributed by atoms with E-state index in [2.05, 4.69) is 72.9 Å². The van der Waals surface area contributed by atoms with E-state index in [0.717, 1.165) is 22.7 Å². The van der Waals surface area contributed by atoms with Crippen molar-refractivity contribution in [1.82, 2.24) is 4.98 Å². The molecule has 4 rings (SSSR count). The molecule has 2 fully saturated rings. The molecular weight excluding hydrogens is 461 g/mol.